The summed E-state index contributed by atoms with van der Waals surface area (Å²) in [6, 6.07) is 7.72. The first kappa shape index (κ1) is 11.5. The Morgan fingerprint density at radius 2 is 2.20 bits per heavy atom. The summed E-state index contributed by atoms with van der Waals surface area (Å²) in [5.74, 6) is 0.00431. The third kappa shape index (κ3) is 3.99. The molecular formula is C11H15NO3. The third-order valence-electron chi connectivity index (χ3n) is 2.04. The molecule has 0 saturated heterocycles. The summed E-state index contributed by atoms with van der Waals surface area (Å²) in [4.78, 5) is 10.2. The number of para-hydroxylation sites is 1. The summed E-state index contributed by atoms with van der Waals surface area (Å²) in [6.07, 6.45) is 0.761. The Hall–Kier alpha value is -1.55. The van der Waals surface area contributed by atoms with Gasteiger partial charge >= 0.3 is 5.97 Å². The number of aliphatic carboxylic acids is 1. The van der Waals surface area contributed by atoms with Crippen LogP contribution in [0.1, 0.15) is 5.56 Å². The molecule has 2 N–H and O–H groups in total. The standard InChI is InChI=1S/C11H15NO3/c1-15-10-5-3-2-4-9(10)6-7-12-8-11(13)14/h2-5,12H,6-8H2,1H3,(H,13,14). The summed E-state index contributed by atoms with van der Waals surface area (Å²) in [6.45, 7) is 0.627. The van der Waals surface area contributed by atoms with Crippen molar-refractivity contribution in [3.63, 3.8) is 0 Å². The zero-order chi connectivity index (χ0) is 11.1. The van der Waals surface area contributed by atoms with Gasteiger partial charge in [-0.15, -0.1) is 0 Å². The predicted molar refractivity (Wildman–Crippen MR) is 57.2 cm³/mol. The van der Waals surface area contributed by atoms with Gasteiger partial charge in [-0.3, -0.25) is 4.79 Å². The molecular weight excluding hydrogens is 194 g/mol. The molecule has 82 valence electrons. The molecule has 0 aliphatic rings. The zero-order valence-corrected chi connectivity index (χ0v) is 8.69. The fourth-order valence-corrected chi connectivity index (χ4v) is 1.33. The number of hydrogen-bond acceptors (Lipinski definition) is 3. The van der Waals surface area contributed by atoms with Gasteiger partial charge in [0.2, 0.25) is 0 Å². The monoisotopic (exact) mass is 209 g/mol. The molecule has 1 aromatic rings. The average Bonchev–Trinajstić information content (AvgIpc) is 2.24. The Balaban J connectivity index is 2.39. The summed E-state index contributed by atoms with van der Waals surface area (Å²) in [5, 5.41) is 11.3. The highest BCUT2D eigenvalue weighted by atomic mass is 16.5. The number of nitrogens with one attached hydrogen (secondary N) is 1. The first-order chi connectivity index (χ1) is 7.24. The quantitative estimate of drug-likeness (QED) is 0.684. The van der Waals surface area contributed by atoms with Gasteiger partial charge < -0.3 is 15.2 Å². The van der Waals surface area contributed by atoms with Crippen LogP contribution in [0.2, 0.25) is 0 Å². The number of carbonyl (C=O) groups is 1. The van der Waals surface area contributed by atoms with Crippen LogP contribution < -0.4 is 10.1 Å². The molecule has 15 heavy (non-hydrogen) atoms. The van der Waals surface area contributed by atoms with E-state index in [-0.39, 0.29) is 6.54 Å². The van der Waals surface area contributed by atoms with E-state index >= 15 is 0 Å². The van der Waals surface area contributed by atoms with Gasteiger partial charge in [-0.2, -0.15) is 0 Å². The second-order valence-electron chi connectivity index (χ2n) is 3.13. The van der Waals surface area contributed by atoms with Crippen molar-refractivity contribution < 1.29 is 14.6 Å². The van der Waals surface area contributed by atoms with E-state index in [4.69, 9.17) is 9.84 Å². The number of carboxylic acids is 1. The minimum atomic E-state index is -0.838. The number of hydrogen-bond donors (Lipinski definition) is 2. The number of ether oxygens (including phenoxy) is 1. The second kappa shape index (κ2) is 6.03. The summed E-state index contributed by atoms with van der Waals surface area (Å²) < 4.78 is 5.18. The first-order valence-electron chi connectivity index (χ1n) is 4.78. The third-order valence-corrected chi connectivity index (χ3v) is 2.04. The molecule has 0 saturated carbocycles. The summed E-state index contributed by atoms with van der Waals surface area (Å²) >= 11 is 0. The molecule has 0 atom stereocenters. The molecule has 0 amide bonds. The van der Waals surface area contributed by atoms with Gasteiger partial charge in [-0.1, -0.05) is 18.2 Å². The topological polar surface area (TPSA) is 58.6 Å². The molecule has 0 aliphatic carbocycles. The summed E-state index contributed by atoms with van der Waals surface area (Å²) in [5.41, 5.74) is 1.08. The molecule has 1 rings (SSSR count). The van der Waals surface area contributed by atoms with Crippen molar-refractivity contribution in [2.45, 2.75) is 6.42 Å². The van der Waals surface area contributed by atoms with Gasteiger partial charge in [0.1, 0.15) is 5.75 Å². The SMILES string of the molecule is COc1ccccc1CCNCC(=O)O. The Morgan fingerprint density at radius 1 is 1.47 bits per heavy atom. The highest BCUT2D eigenvalue weighted by Gasteiger charge is 2.01. The van der Waals surface area contributed by atoms with E-state index in [9.17, 15) is 4.79 Å². The van der Waals surface area contributed by atoms with Crippen LogP contribution in [-0.4, -0.2) is 31.3 Å². The van der Waals surface area contributed by atoms with Crippen LogP contribution in [0.25, 0.3) is 0 Å². The van der Waals surface area contributed by atoms with Gasteiger partial charge in [-0.05, 0) is 24.6 Å². The van der Waals surface area contributed by atoms with Crippen molar-refractivity contribution in [1.82, 2.24) is 5.32 Å². The Labute approximate surface area is 88.9 Å². The van der Waals surface area contributed by atoms with E-state index < -0.39 is 5.97 Å². The van der Waals surface area contributed by atoms with Gasteiger partial charge in [-0.25, -0.2) is 0 Å². The van der Waals surface area contributed by atoms with Crippen molar-refractivity contribution in [2.24, 2.45) is 0 Å². The number of rotatable bonds is 6. The molecule has 0 fully saturated rings. The van der Waals surface area contributed by atoms with E-state index in [2.05, 4.69) is 5.32 Å². The zero-order valence-electron chi connectivity index (χ0n) is 8.69. The van der Waals surface area contributed by atoms with Gasteiger partial charge in [0.05, 0.1) is 13.7 Å². The highest BCUT2D eigenvalue weighted by Crippen LogP contribution is 2.16. The maximum absolute atomic E-state index is 10.2. The smallest absolute Gasteiger partial charge is 0.317 e. The summed E-state index contributed by atoms with van der Waals surface area (Å²) in [7, 11) is 1.63. The maximum Gasteiger partial charge on any atom is 0.317 e. The van der Waals surface area contributed by atoms with E-state index in [1.807, 2.05) is 24.3 Å². The normalized spacial score (nSPS) is 9.93. The van der Waals surface area contributed by atoms with Crippen LogP contribution in [0.15, 0.2) is 24.3 Å². The lowest BCUT2D eigenvalue weighted by Crippen LogP contribution is -2.24. The van der Waals surface area contributed by atoms with Crippen LogP contribution >= 0.6 is 0 Å². The van der Waals surface area contributed by atoms with E-state index in [0.29, 0.717) is 6.54 Å². The number of carboxylic acid groups (broad SMARTS) is 1. The van der Waals surface area contributed by atoms with E-state index in [0.717, 1.165) is 17.7 Å². The largest absolute Gasteiger partial charge is 0.496 e. The highest BCUT2D eigenvalue weighted by molar-refractivity contribution is 5.68. The van der Waals surface area contributed by atoms with Crippen molar-refractivity contribution in [2.75, 3.05) is 20.2 Å². The fraction of sp³-hybridized carbons (Fsp3) is 0.364. The lowest BCUT2D eigenvalue weighted by molar-refractivity contribution is -0.135. The van der Waals surface area contributed by atoms with E-state index in [1.54, 1.807) is 7.11 Å². The van der Waals surface area contributed by atoms with Crippen molar-refractivity contribution in [1.29, 1.82) is 0 Å². The van der Waals surface area contributed by atoms with Crippen molar-refractivity contribution in [3.8, 4) is 5.75 Å². The molecule has 0 spiro atoms. The molecule has 0 unspecified atom stereocenters. The number of methoxy groups -OCH3 is 1. The van der Waals surface area contributed by atoms with Crippen molar-refractivity contribution >= 4 is 5.97 Å². The fourth-order valence-electron chi connectivity index (χ4n) is 1.33. The first-order valence-corrected chi connectivity index (χ1v) is 4.78. The minimum Gasteiger partial charge on any atom is -0.496 e. The van der Waals surface area contributed by atoms with Crippen molar-refractivity contribution in [3.05, 3.63) is 29.8 Å². The van der Waals surface area contributed by atoms with E-state index in [1.165, 1.54) is 0 Å². The number of benzene rings is 1. The Kier molecular flexibility index (Phi) is 4.63. The van der Waals surface area contributed by atoms with Gasteiger partial charge in [0.25, 0.3) is 0 Å². The lowest BCUT2D eigenvalue weighted by atomic mass is 10.1. The lowest BCUT2D eigenvalue weighted by Gasteiger charge is -2.07. The van der Waals surface area contributed by atoms with Crippen LogP contribution in [0.4, 0.5) is 0 Å². The Morgan fingerprint density at radius 3 is 2.87 bits per heavy atom. The predicted octanol–water partition coefficient (Wildman–Crippen LogP) is 0.912. The Bertz CT molecular complexity index is 325. The van der Waals surface area contributed by atoms with Crippen LogP contribution in [0.3, 0.4) is 0 Å². The maximum atomic E-state index is 10.2. The molecule has 1 aromatic carbocycles. The second-order valence-corrected chi connectivity index (χ2v) is 3.13. The molecule has 0 radical (unpaired) electrons. The van der Waals surface area contributed by atoms with Gasteiger partial charge in [0.15, 0.2) is 0 Å². The van der Waals surface area contributed by atoms with Crippen LogP contribution in [-0.2, 0) is 11.2 Å². The molecule has 0 aromatic heterocycles. The van der Waals surface area contributed by atoms with Gasteiger partial charge in [0, 0.05) is 0 Å². The minimum absolute atomic E-state index is 0.00481. The molecule has 0 aliphatic heterocycles. The molecule has 4 nitrogen and oxygen atoms in total. The van der Waals surface area contributed by atoms with Crippen LogP contribution in [0, 0.1) is 0 Å². The molecule has 0 heterocycles. The average molecular weight is 209 g/mol. The molecule has 0 bridgehead atoms. The molecule has 4 heteroatoms. The van der Waals surface area contributed by atoms with Crippen LogP contribution in [0.5, 0.6) is 5.75 Å².